The molecule has 0 aromatic heterocycles. The molecule has 0 saturated carbocycles. The van der Waals surface area contributed by atoms with E-state index in [0.717, 1.165) is 314 Å². The number of likely N-dealkylation sites (N-methyl/N-ethyl adjacent to an activating group) is 3. The van der Waals surface area contributed by atoms with Gasteiger partial charge in [0.25, 0.3) is 0 Å². The minimum absolute atomic E-state index is 0.0220. The maximum absolute atomic E-state index is 9.00. The summed E-state index contributed by atoms with van der Waals surface area (Å²) in [7, 11) is 9.97. The van der Waals surface area contributed by atoms with Crippen LogP contribution in [0.15, 0.2) is 0 Å². The maximum atomic E-state index is 9.00. The van der Waals surface area contributed by atoms with Crippen molar-refractivity contribution in [2.45, 2.75) is 159 Å². The molecule has 125 heavy (non-hydrogen) atoms. The Bertz CT molecular complexity index is 1780. The number of morpholine rings is 2. The number of methoxy groups -OCH3 is 1. The molecule has 15 heterocycles. The monoisotopic (exact) mass is 1810 g/mol. The number of aliphatic hydroxyl groups excluding tert-OH is 11. The van der Waals surface area contributed by atoms with E-state index < -0.39 is 5.54 Å². The van der Waals surface area contributed by atoms with Crippen molar-refractivity contribution in [2.75, 3.05) is 422 Å². The van der Waals surface area contributed by atoms with Crippen LogP contribution in [0.25, 0.3) is 0 Å². The predicted octanol–water partition coefficient (Wildman–Crippen LogP) is -4.89. The molecular weight excluding hydrogens is 1600 g/mol. The topological polar surface area (TPSA) is 450 Å². The molecule has 0 aliphatic carbocycles. The number of rotatable bonds is 17. The Labute approximate surface area is 762 Å². The first kappa shape index (κ1) is 126. The van der Waals surface area contributed by atoms with Crippen LogP contribution >= 0.6 is 0 Å². The smallest absolute Gasteiger partial charge is 0.0605 e. The Hall–Kier alpha value is -1.44. The fourth-order valence-electron chi connectivity index (χ4n) is 13.9. The number of nitrogens with zero attached hydrogens (tertiary/aromatic N) is 9. The van der Waals surface area contributed by atoms with E-state index in [2.05, 4.69) is 129 Å². The minimum Gasteiger partial charge on any atom is -0.395 e. The molecule has 0 aromatic rings. The molecule has 0 spiro atoms. The van der Waals surface area contributed by atoms with E-state index >= 15 is 0 Å². The minimum atomic E-state index is -0.403. The summed E-state index contributed by atoms with van der Waals surface area (Å²) >= 11 is 0. The summed E-state index contributed by atoms with van der Waals surface area (Å²) in [6.45, 7) is 59.2. The molecule has 15 aliphatic rings. The third-order valence-electron chi connectivity index (χ3n) is 22.2. The highest BCUT2D eigenvalue weighted by Gasteiger charge is 2.17. The average Bonchev–Trinajstić information content (AvgIpc) is 1.56. The second-order valence-corrected chi connectivity index (χ2v) is 34.5. The second-order valence-electron chi connectivity index (χ2n) is 34.5. The van der Waals surface area contributed by atoms with Crippen LogP contribution in [0.5, 0.6) is 0 Å². The summed E-state index contributed by atoms with van der Waals surface area (Å²) < 4.78 is 14.8. The molecule has 754 valence electrons. The lowest BCUT2D eigenvalue weighted by molar-refractivity contribution is 0.0306. The summed E-state index contributed by atoms with van der Waals surface area (Å²) in [5.41, 5.74) is 4.88. The molecule has 0 aromatic carbocycles. The molecule has 15 fully saturated rings. The lowest BCUT2D eigenvalue weighted by Crippen LogP contribution is -2.45. The van der Waals surface area contributed by atoms with Crippen molar-refractivity contribution in [2.24, 2.45) is 5.73 Å². The normalized spacial score (nSPS) is 22.8. The first-order valence-corrected chi connectivity index (χ1v) is 49.1. The summed E-state index contributed by atoms with van der Waals surface area (Å²) in [5.74, 6) is 0. The number of piperazine rings is 5. The zero-order chi connectivity index (χ0) is 92.1. The first-order chi connectivity index (χ1) is 60.9. The molecule has 0 amide bonds. The molecule has 0 radical (unpaired) electrons. The van der Waals surface area contributed by atoms with Gasteiger partial charge in [-0.25, -0.2) is 0 Å². The standard InChI is InChI=1S/C7H16N2O.C7H15NO.2C6H14N2O.C6H13NO2.2C6H13NO.C5H12N2.3C5H11NO.C5H11N.C4H10N2.C4H9NO.2C4H11NO.C4H9N/c1-8-2-4-9(5-3-8)6-7-10;9-7-6-8-4-2-1-3-5-8;2*9-6-5-8-3-1-7-2-4-8;8-4-1-7-2-5-9-6-3-7;1-7-4-2-6(8)3-5-7;8-6-5-7-3-1-2-4-7;1-7-4-2-6-3-5-7;2*7-5-1-3-6-4-2-5;7-4-5-2-1-3-6-5;1-2-4-6-5-3-1;1-2-6-4-3-5-1;1-3-6-4-2-5-1;1-5-3-4-6-2;1-4(2,5)3-6;1-2-4-5-3-1/h10H,2-7H2,1H3;9H,1-7H2;2*7,9H,1-6H2;8H,1-6H2;6,8H,2-5H2,1H3;8H,1-6H2;6H,2-5H2,1H3;3*5-7H,1-4H2;6H,1-5H2;5-6H,1-4H2;5H,1-4H2;5H,3-4H2,1-2H3;6H,3,5H2,1-2H3;5H,1-4H2. The number of aliphatic hydroxyl groups is 11. The van der Waals surface area contributed by atoms with E-state index in [4.69, 9.17) is 76.1 Å². The van der Waals surface area contributed by atoms with E-state index in [0.29, 0.717) is 45.7 Å². The van der Waals surface area contributed by atoms with Gasteiger partial charge in [0.2, 0.25) is 0 Å². The third-order valence-corrected chi connectivity index (χ3v) is 22.2. The number of hydrogen-bond donors (Lipinski definition) is 24. The Morgan fingerprint density at radius 3 is 0.864 bits per heavy atom. The van der Waals surface area contributed by atoms with Crippen LogP contribution in [0.1, 0.15) is 129 Å². The zero-order valence-corrected chi connectivity index (χ0v) is 81.0. The molecule has 1 atom stereocenters. The number of hydrogen-bond acceptors (Lipinski definition) is 36. The molecule has 1 unspecified atom stereocenters. The number of nitrogens with one attached hydrogen (secondary N) is 12. The van der Waals surface area contributed by atoms with E-state index in [1.54, 1.807) is 21.0 Å². The molecular formula is C89H204N22O14. The van der Waals surface area contributed by atoms with Gasteiger partial charge in [0.15, 0.2) is 0 Å². The number of β-amino-alcohol motifs (C(OH)–C–C–N with tert-alkyl or cyclic N) is 6. The van der Waals surface area contributed by atoms with Gasteiger partial charge in [-0.1, -0.05) is 12.8 Å². The van der Waals surface area contributed by atoms with Crippen molar-refractivity contribution in [1.29, 1.82) is 0 Å². The molecule has 15 aliphatic heterocycles. The predicted molar refractivity (Wildman–Crippen MR) is 515 cm³/mol. The van der Waals surface area contributed by atoms with Gasteiger partial charge in [-0.2, -0.15) is 0 Å². The van der Waals surface area contributed by atoms with Gasteiger partial charge in [-0.05, 0) is 230 Å². The van der Waals surface area contributed by atoms with Crippen molar-refractivity contribution in [3.8, 4) is 0 Å². The van der Waals surface area contributed by atoms with E-state index in [1.165, 1.54) is 136 Å². The van der Waals surface area contributed by atoms with Crippen molar-refractivity contribution < 1.29 is 70.4 Å². The van der Waals surface area contributed by atoms with Gasteiger partial charge in [0.05, 0.1) is 104 Å². The molecule has 36 nitrogen and oxygen atoms in total. The zero-order valence-electron chi connectivity index (χ0n) is 81.0. The van der Waals surface area contributed by atoms with Crippen LogP contribution in [-0.4, -0.2) is 552 Å². The summed E-state index contributed by atoms with van der Waals surface area (Å²) in [6, 6.07) is 0.403. The van der Waals surface area contributed by atoms with Gasteiger partial charge in [0.1, 0.15) is 0 Å². The average molecular weight is 1810 g/mol. The highest BCUT2D eigenvalue weighted by Crippen LogP contribution is 2.10. The van der Waals surface area contributed by atoms with E-state index in [1.807, 2.05) is 7.05 Å². The molecule has 25 N–H and O–H groups in total. The number of ether oxygens (including phenoxy) is 3. The number of likely N-dealkylation sites (tertiary alicyclic amines) is 3. The van der Waals surface area contributed by atoms with Crippen molar-refractivity contribution in [1.82, 2.24) is 108 Å². The second kappa shape index (κ2) is 98.6. The van der Waals surface area contributed by atoms with Gasteiger partial charge in [-0.15, -0.1) is 0 Å². The van der Waals surface area contributed by atoms with Gasteiger partial charge in [-0.3, -0.25) is 19.6 Å². The first-order valence-electron chi connectivity index (χ1n) is 49.1. The van der Waals surface area contributed by atoms with Crippen LogP contribution in [0.4, 0.5) is 0 Å². The summed E-state index contributed by atoms with van der Waals surface area (Å²) in [4.78, 5) is 20.5. The quantitative estimate of drug-likeness (QED) is 0.0607. The van der Waals surface area contributed by atoms with Gasteiger partial charge >= 0.3 is 0 Å². The van der Waals surface area contributed by atoms with Crippen molar-refractivity contribution >= 4 is 0 Å². The maximum Gasteiger partial charge on any atom is 0.0605 e. The Balaban J connectivity index is 0. The van der Waals surface area contributed by atoms with Crippen LogP contribution in [0, 0.1) is 0 Å². The van der Waals surface area contributed by atoms with Gasteiger partial charge < -0.3 is 164 Å². The van der Waals surface area contributed by atoms with E-state index in [9.17, 15) is 0 Å². The largest absolute Gasteiger partial charge is 0.395 e. The van der Waals surface area contributed by atoms with Crippen LogP contribution in [-0.2, 0) is 14.2 Å². The van der Waals surface area contributed by atoms with Crippen molar-refractivity contribution in [3.63, 3.8) is 0 Å². The highest BCUT2D eigenvalue weighted by atomic mass is 16.5. The lowest BCUT2D eigenvalue weighted by atomic mass is 10.1. The molecule has 36 heteroatoms. The summed E-state index contributed by atoms with van der Waals surface area (Å²) in [6.07, 6.45) is 21.6. The number of nitrogens with two attached hydrogens (primary N) is 1. The fourth-order valence-corrected chi connectivity index (χ4v) is 13.9. The van der Waals surface area contributed by atoms with Gasteiger partial charge in [0, 0.05) is 235 Å². The van der Waals surface area contributed by atoms with Crippen LogP contribution < -0.4 is 69.5 Å². The SMILES string of the molecule is C1CCNC1.C1CCNCC1.C1CNCCN1.C1COCCN1.CC(C)(N)CO.CN1CCC(O)CC1.CN1CCN(CCO)CC1.CN1CCNCC1.CNCCOC.OC1CCNCC1.OC1CCNCC1.OCC1CCCN1.OCCN1CCCC1.OCCN1CCCCC1.OCCN1CCNCC1.OCCN1CCNCC1.OCCN1CCOCC1. The summed E-state index contributed by atoms with van der Waals surface area (Å²) in [5, 5.41) is 133. The van der Waals surface area contributed by atoms with Crippen LogP contribution in [0.2, 0.25) is 0 Å². The van der Waals surface area contributed by atoms with Crippen molar-refractivity contribution in [3.05, 3.63) is 0 Å². The number of piperidine rings is 5. The lowest BCUT2D eigenvalue weighted by Gasteiger charge is -2.31. The fraction of sp³-hybridized carbons (Fsp3) is 1.00. The third kappa shape index (κ3) is 94.1. The molecule has 15 saturated heterocycles. The Morgan fingerprint density at radius 1 is 0.320 bits per heavy atom. The Morgan fingerprint density at radius 2 is 0.616 bits per heavy atom. The Kier molecular flexibility index (Phi) is 99.0. The highest BCUT2D eigenvalue weighted by molar-refractivity contribution is 4.75. The molecule has 15 rings (SSSR count). The molecule has 0 bridgehead atoms. The van der Waals surface area contributed by atoms with Crippen LogP contribution in [0.3, 0.4) is 0 Å². The van der Waals surface area contributed by atoms with E-state index in [-0.39, 0.29) is 31.5 Å².